The van der Waals surface area contributed by atoms with Gasteiger partial charge in [-0.05, 0) is 26.7 Å². The molecule has 0 bridgehead atoms. The summed E-state index contributed by atoms with van der Waals surface area (Å²) in [5.41, 5.74) is 0. The Hall–Kier alpha value is 0. The zero-order valence-electron chi connectivity index (χ0n) is 7.73. The molecule has 0 amide bonds. The number of rotatable bonds is 4. The van der Waals surface area contributed by atoms with Crippen LogP contribution in [0.15, 0.2) is 0 Å². The van der Waals surface area contributed by atoms with E-state index in [0.717, 1.165) is 30.7 Å². The van der Waals surface area contributed by atoms with Gasteiger partial charge in [-0.2, -0.15) is 0 Å². The number of halogens is 1. The van der Waals surface area contributed by atoms with Crippen LogP contribution in [-0.2, 0) is 0 Å². The van der Waals surface area contributed by atoms with Crippen LogP contribution in [0.5, 0.6) is 0 Å². The van der Waals surface area contributed by atoms with Gasteiger partial charge in [0.1, 0.15) is 6.54 Å². The van der Waals surface area contributed by atoms with E-state index in [2.05, 4.69) is 26.7 Å². The molecular weight excluding hydrogens is 202 g/mol. The van der Waals surface area contributed by atoms with Crippen molar-refractivity contribution in [2.75, 3.05) is 26.2 Å². The van der Waals surface area contributed by atoms with Gasteiger partial charge in [0.25, 0.3) is 0 Å². The lowest BCUT2D eigenvalue weighted by molar-refractivity contribution is -0.916. The maximum atomic E-state index is 5.28. The van der Waals surface area contributed by atoms with Gasteiger partial charge in [-0.25, -0.2) is 0 Å². The third kappa shape index (κ3) is 3.79. The van der Waals surface area contributed by atoms with E-state index in [-0.39, 0.29) is 17.0 Å². The molecule has 1 nitrogen and oxygen atoms in total. The molecule has 0 saturated carbocycles. The summed E-state index contributed by atoms with van der Waals surface area (Å²) in [7, 11) is 0. The van der Waals surface area contributed by atoms with Gasteiger partial charge in [0.15, 0.2) is 0 Å². The van der Waals surface area contributed by atoms with Gasteiger partial charge in [0.2, 0.25) is 0 Å². The summed E-state index contributed by atoms with van der Waals surface area (Å²) < 4.78 is 1.07. The average molecular weight is 220 g/mol. The topological polar surface area (TPSA) is 0 Å². The second kappa shape index (κ2) is 6.69. The number of hydrogen-bond acceptors (Lipinski definition) is 0. The van der Waals surface area contributed by atoms with Crippen molar-refractivity contribution in [1.29, 1.82) is 0 Å². The number of hydrogen-bond donors (Lipinski definition) is 0. The zero-order valence-corrected chi connectivity index (χ0v) is 9.32. The zero-order chi connectivity index (χ0) is 8.04. The Balaban J connectivity index is 0. The molecule has 66 valence electrons. The third-order valence-electron chi connectivity index (χ3n) is 2.44. The van der Waals surface area contributed by atoms with Gasteiger partial charge in [0, 0.05) is 0 Å². The average Bonchev–Trinajstić information content (AvgIpc) is 2.01. The Morgan fingerprint density at radius 3 is 1.55 bits per heavy atom. The second-order valence-corrected chi connectivity index (χ2v) is 2.65. The van der Waals surface area contributed by atoms with Crippen molar-refractivity contribution >= 4 is 0 Å². The Bertz CT molecular complexity index is 114. The fourth-order valence-corrected chi connectivity index (χ4v) is 1.20. The number of nitrogens with zero attached hydrogens (tertiary/aromatic N) is 1. The van der Waals surface area contributed by atoms with E-state index < -0.39 is 0 Å². The van der Waals surface area contributed by atoms with Crippen LogP contribution in [0.3, 0.4) is 0 Å². The SMILES string of the molecule is C#CC[N+](CC)(CC)CC.[Br-]. The van der Waals surface area contributed by atoms with E-state index in [1.165, 1.54) is 0 Å². The second-order valence-electron chi connectivity index (χ2n) is 2.65. The highest BCUT2D eigenvalue weighted by Gasteiger charge is 2.17. The molecule has 0 radical (unpaired) electrons. The smallest absolute Gasteiger partial charge is 0.140 e. The summed E-state index contributed by atoms with van der Waals surface area (Å²) in [6.07, 6.45) is 5.28. The summed E-state index contributed by atoms with van der Waals surface area (Å²) in [6.45, 7) is 10.9. The molecule has 0 aliphatic heterocycles. The molecule has 0 saturated heterocycles. The van der Waals surface area contributed by atoms with E-state index in [1.54, 1.807) is 0 Å². The first-order chi connectivity index (χ1) is 4.74. The summed E-state index contributed by atoms with van der Waals surface area (Å²) in [6, 6.07) is 0. The molecule has 0 aliphatic carbocycles. The van der Waals surface area contributed by atoms with Crippen LogP contribution >= 0.6 is 0 Å². The van der Waals surface area contributed by atoms with E-state index in [9.17, 15) is 0 Å². The van der Waals surface area contributed by atoms with Gasteiger partial charge < -0.3 is 21.5 Å². The Morgan fingerprint density at radius 1 is 1.09 bits per heavy atom. The van der Waals surface area contributed by atoms with Crippen LogP contribution in [0.1, 0.15) is 20.8 Å². The molecule has 0 aromatic rings. The predicted octanol–water partition coefficient (Wildman–Crippen LogP) is -1.50. The molecule has 0 N–H and O–H groups in total. The first-order valence-electron chi connectivity index (χ1n) is 4.03. The standard InChI is InChI=1S/C9H18N.BrH/c1-5-9-10(6-2,7-3)8-4;/h1H,6-9H2,2-4H3;1H/q+1;/p-1. The van der Waals surface area contributed by atoms with E-state index >= 15 is 0 Å². The largest absolute Gasteiger partial charge is 1.00 e. The van der Waals surface area contributed by atoms with Gasteiger partial charge in [-0.1, -0.05) is 0 Å². The molecule has 0 atom stereocenters. The lowest BCUT2D eigenvalue weighted by atomic mass is 10.3. The van der Waals surface area contributed by atoms with Crippen molar-refractivity contribution in [2.45, 2.75) is 20.8 Å². The Labute approximate surface area is 81.1 Å². The van der Waals surface area contributed by atoms with Crippen molar-refractivity contribution in [1.82, 2.24) is 0 Å². The normalized spacial score (nSPS) is 10.0. The minimum atomic E-state index is 0. The Kier molecular flexibility index (Phi) is 8.26. The Morgan fingerprint density at radius 2 is 1.45 bits per heavy atom. The van der Waals surface area contributed by atoms with Crippen LogP contribution in [-0.4, -0.2) is 30.7 Å². The highest BCUT2D eigenvalue weighted by molar-refractivity contribution is 4.83. The molecule has 0 aliphatic rings. The van der Waals surface area contributed by atoms with Crippen LogP contribution in [0.4, 0.5) is 0 Å². The van der Waals surface area contributed by atoms with Gasteiger partial charge in [0.05, 0.1) is 19.6 Å². The highest BCUT2D eigenvalue weighted by atomic mass is 79.9. The lowest BCUT2D eigenvalue weighted by Crippen LogP contribution is -3.00. The van der Waals surface area contributed by atoms with Crippen molar-refractivity contribution in [3.05, 3.63) is 0 Å². The minimum absolute atomic E-state index is 0. The minimum Gasteiger partial charge on any atom is -1.00 e. The molecule has 0 aromatic carbocycles. The van der Waals surface area contributed by atoms with Gasteiger partial charge in [-0.3, -0.25) is 0 Å². The van der Waals surface area contributed by atoms with Crippen molar-refractivity contribution in [3.63, 3.8) is 0 Å². The summed E-state index contributed by atoms with van der Waals surface area (Å²) in [4.78, 5) is 0. The van der Waals surface area contributed by atoms with Gasteiger partial charge in [-0.15, -0.1) is 6.42 Å². The first-order valence-corrected chi connectivity index (χ1v) is 4.03. The quantitative estimate of drug-likeness (QED) is 0.399. The van der Waals surface area contributed by atoms with E-state index in [1.807, 2.05) is 0 Å². The van der Waals surface area contributed by atoms with Crippen molar-refractivity contribution in [3.8, 4) is 12.3 Å². The third-order valence-corrected chi connectivity index (χ3v) is 2.44. The fourth-order valence-electron chi connectivity index (χ4n) is 1.20. The molecular formula is C9H18BrN. The molecule has 0 rings (SSSR count). The fraction of sp³-hybridized carbons (Fsp3) is 0.778. The molecule has 11 heavy (non-hydrogen) atoms. The molecule has 0 aromatic heterocycles. The monoisotopic (exact) mass is 219 g/mol. The van der Waals surface area contributed by atoms with Crippen molar-refractivity contribution in [2.24, 2.45) is 0 Å². The maximum absolute atomic E-state index is 5.28. The maximum Gasteiger partial charge on any atom is 0.140 e. The highest BCUT2D eigenvalue weighted by Crippen LogP contribution is 2.03. The van der Waals surface area contributed by atoms with Crippen LogP contribution < -0.4 is 17.0 Å². The van der Waals surface area contributed by atoms with E-state index in [0.29, 0.717) is 0 Å². The summed E-state index contributed by atoms with van der Waals surface area (Å²) in [5.74, 6) is 2.73. The lowest BCUT2D eigenvalue weighted by Gasteiger charge is -2.33. The molecule has 0 heterocycles. The van der Waals surface area contributed by atoms with Crippen LogP contribution in [0.25, 0.3) is 0 Å². The first kappa shape index (κ1) is 13.6. The molecule has 0 spiro atoms. The van der Waals surface area contributed by atoms with Crippen LogP contribution in [0.2, 0.25) is 0 Å². The predicted molar refractivity (Wildman–Crippen MR) is 45.6 cm³/mol. The molecule has 2 heteroatoms. The number of quaternary nitrogens is 1. The molecule has 0 fully saturated rings. The van der Waals surface area contributed by atoms with E-state index in [4.69, 9.17) is 6.42 Å². The van der Waals surface area contributed by atoms with Crippen LogP contribution in [0, 0.1) is 12.3 Å². The van der Waals surface area contributed by atoms with Crippen molar-refractivity contribution < 1.29 is 21.5 Å². The number of terminal acetylenes is 1. The van der Waals surface area contributed by atoms with Gasteiger partial charge >= 0.3 is 0 Å². The summed E-state index contributed by atoms with van der Waals surface area (Å²) >= 11 is 0. The summed E-state index contributed by atoms with van der Waals surface area (Å²) in [5, 5.41) is 0. The molecule has 0 unspecified atom stereocenters.